The Morgan fingerprint density at radius 1 is 1.24 bits per heavy atom. The first-order valence-corrected chi connectivity index (χ1v) is 5.17. The van der Waals surface area contributed by atoms with Gasteiger partial charge in [0, 0.05) is 11.2 Å². The first kappa shape index (κ1) is 11.4. The van der Waals surface area contributed by atoms with Crippen molar-refractivity contribution < 1.29 is 9.90 Å². The van der Waals surface area contributed by atoms with Crippen molar-refractivity contribution in [2.24, 2.45) is 0 Å². The van der Waals surface area contributed by atoms with E-state index in [2.05, 4.69) is 4.98 Å². The Morgan fingerprint density at radius 3 is 2.65 bits per heavy atom. The van der Waals surface area contributed by atoms with E-state index in [1.54, 1.807) is 24.3 Å². The van der Waals surface area contributed by atoms with Crippen LogP contribution in [0.5, 0.6) is 0 Å². The number of benzene rings is 1. The number of carbonyl (C=O) groups is 1. The van der Waals surface area contributed by atoms with Crippen LogP contribution >= 0.6 is 11.6 Å². The van der Waals surface area contributed by atoms with E-state index in [9.17, 15) is 9.59 Å². The normalized spacial score (nSPS) is 10.2. The summed E-state index contributed by atoms with van der Waals surface area (Å²) in [4.78, 5) is 24.5. The molecule has 1 aromatic carbocycles. The Labute approximate surface area is 101 Å². The van der Waals surface area contributed by atoms with Gasteiger partial charge in [0.2, 0.25) is 0 Å². The van der Waals surface area contributed by atoms with E-state index in [0.29, 0.717) is 10.6 Å². The Morgan fingerprint density at radius 2 is 2.00 bits per heavy atom. The smallest absolute Gasteiger partial charge is 0.341 e. The number of halogens is 1. The van der Waals surface area contributed by atoms with Gasteiger partial charge in [-0.15, -0.1) is 0 Å². The third-order valence-corrected chi connectivity index (χ3v) is 2.53. The fraction of sp³-hybridized carbons (Fsp3) is 0. The number of nitrogens with one attached hydrogen (secondary N) is 1. The molecule has 0 aliphatic heterocycles. The minimum absolute atomic E-state index is 0.289. The summed E-state index contributed by atoms with van der Waals surface area (Å²) in [5.74, 6) is -1.25. The fourth-order valence-corrected chi connectivity index (χ4v) is 1.67. The summed E-state index contributed by atoms with van der Waals surface area (Å²) in [6.07, 6.45) is 1.46. The van der Waals surface area contributed by atoms with Crippen LogP contribution in [0.3, 0.4) is 0 Å². The highest BCUT2D eigenvalue weighted by Crippen LogP contribution is 2.21. The molecular weight excluding hydrogens is 242 g/mol. The van der Waals surface area contributed by atoms with Crippen LogP contribution in [0.1, 0.15) is 10.4 Å². The van der Waals surface area contributed by atoms with Crippen molar-refractivity contribution in [3.8, 4) is 11.1 Å². The molecule has 0 amide bonds. The van der Waals surface area contributed by atoms with E-state index in [0.717, 1.165) is 5.56 Å². The van der Waals surface area contributed by atoms with Crippen LogP contribution in [0.15, 0.2) is 41.3 Å². The van der Waals surface area contributed by atoms with Gasteiger partial charge in [-0.25, -0.2) is 4.79 Å². The lowest BCUT2D eigenvalue weighted by atomic mass is 10.1. The number of aromatic carboxylic acids is 1. The molecule has 0 saturated heterocycles. The minimum Gasteiger partial charge on any atom is -0.477 e. The molecule has 2 rings (SSSR count). The van der Waals surface area contributed by atoms with Gasteiger partial charge in [-0.2, -0.15) is 0 Å². The Balaban J connectivity index is 2.58. The number of pyridine rings is 1. The summed E-state index contributed by atoms with van der Waals surface area (Å²) in [5.41, 5.74) is 0.437. The topological polar surface area (TPSA) is 70.2 Å². The van der Waals surface area contributed by atoms with Gasteiger partial charge in [0.25, 0.3) is 5.56 Å². The molecule has 0 aliphatic carbocycles. The number of aromatic amines is 1. The number of aromatic nitrogens is 1. The first-order valence-electron chi connectivity index (χ1n) is 4.80. The van der Waals surface area contributed by atoms with Gasteiger partial charge in [0.15, 0.2) is 0 Å². The van der Waals surface area contributed by atoms with Gasteiger partial charge in [-0.05, 0) is 29.3 Å². The zero-order chi connectivity index (χ0) is 12.4. The van der Waals surface area contributed by atoms with Crippen LogP contribution in [0.2, 0.25) is 5.02 Å². The maximum Gasteiger partial charge on any atom is 0.341 e. The van der Waals surface area contributed by atoms with Crippen molar-refractivity contribution in [1.82, 2.24) is 4.98 Å². The number of H-pyrrole nitrogens is 1. The second kappa shape index (κ2) is 4.43. The maximum absolute atomic E-state index is 11.2. The monoisotopic (exact) mass is 249 g/mol. The number of hydrogen-bond acceptors (Lipinski definition) is 2. The molecule has 17 heavy (non-hydrogen) atoms. The number of carboxylic acids is 1. The summed E-state index contributed by atoms with van der Waals surface area (Å²) >= 11 is 5.84. The molecule has 0 fully saturated rings. The third kappa shape index (κ3) is 2.37. The van der Waals surface area contributed by atoms with Crippen molar-refractivity contribution in [3.05, 3.63) is 57.5 Å². The lowest BCUT2D eigenvalue weighted by Gasteiger charge is -2.02. The molecule has 0 radical (unpaired) electrons. The number of hydrogen-bond donors (Lipinski definition) is 2. The van der Waals surface area contributed by atoms with E-state index in [1.807, 2.05) is 0 Å². The lowest BCUT2D eigenvalue weighted by Crippen LogP contribution is -2.16. The maximum atomic E-state index is 11.2. The molecule has 1 heterocycles. The van der Waals surface area contributed by atoms with Crippen molar-refractivity contribution >= 4 is 17.6 Å². The number of rotatable bonds is 2. The van der Waals surface area contributed by atoms with Gasteiger partial charge in [-0.1, -0.05) is 23.7 Å². The molecule has 0 bridgehead atoms. The molecule has 0 spiro atoms. The Hall–Kier alpha value is -2.07. The summed E-state index contributed by atoms with van der Waals surface area (Å²) in [6, 6.07) is 8.27. The molecule has 2 N–H and O–H groups in total. The third-order valence-electron chi connectivity index (χ3n) is 2.29. The van der Waals surface area contributed by atoms with E-state index < -0.39 is 11.5 Å². The van der Waals surface area contributed by atoms with Gasteiger partial charge in [-0.3, -0.25) is 4.79 Å². The van der Waals surface area contributed by atoms with Crippen molar-refractivity contribution in [2.75, 3.05) is 0 Å². The lowest BCUT2D eigenvalue weighted by molar-refractivity contribution is 0.0695. The molecular formula is C12H8ClNO3. The highest BCUT2D eigenvalue weighted by atomic mass is 35.5. The number of carboxylic acid groups (broad SMARTS) is 1. The molecule has 2 aromatic rings. The van der Waals surface area contributed by atoms with Gasteiger partial charge >= 0.3 is 5.97 Å². The first-order chi connectivity index (χ1) is 8.08. The molecule has 5 heteroatoms. The molecule has 0 saturated carbocycles. The van der Waals surface area contributed by atoms with Crippen LogP contribution in [-0.4, -0.2) is 16.1 Å². The summed E-state index contributed by atoms with van der Waals surface area (Å²) in [6.45, 7) is 0. The molecule has 4 nitrogen and oxygen atoms in total. The van der Waals surface area contributed by atoms with Crippen molar-refractivity contribution in [1.29, 1.82) is 0 Å². The van der Waals surface area contributed by atoms with Gasteiger partial charge < -0.3 is 10.1 Å². The van der Waals surface area contributed by atoms with Crippen LogP contribution in [0, 0.1) is 0 Å². The van der Waals surface area contributed by atoms with Crippen molar-refractivity contribution in [3.63, 3.8) is 0 Å². The Bertz CT molecular complexity index is 634. The second-order valence-corrected chi connectivity index (χ2v) is 3.88. The predicted molar refractivity (Wildman–Crippen MR) is 64.5 cm³/mol. The standard InChI is InChI=1S/C12H8ClNO3/c13-9-3-1-2-7(4-9)8-5-10(12(16)17)11(15)14-6-8/h1-6H,(H,14,15)(H,16,17). The fourth-order valence-electron chi connectivity index (χ4n) is 1.48. The summed E-state index contributed by atoms with van der Waals surface area (Å²) in [7, 11) is 0. The summed E-state index contributed by atoms with van der Waals surface area (Å²) < 4.78 is 0. The van der Waals surface area contributed by atoms with E-state index >= 15 is 0 Å². The average Bonchev–Trinajstić information content (AvgIpc) is 2.29. The zero-order valence-electron chi connectivity index (χ0n) is 8.61. The average molecular weight is 250 g/mol. The molecule has 0 atom stereocenters. The Kier molecular flexibility index (Phi) is 2.97. The summed E-state index contributed by atoms with van der Waals surface area (Å²) in [5, 5.41) is 9.39. The quantitative estimate of drug-likeness (QED) is 0.859. The molecule has 1 aromatic heterocycles. The predicted octanol–water partition coefficient (Wildman–Crippen LogP) is 2.39. The van der Waals surface area contributed by atoms with Crippen LogP contribution in [-0.2, 0) is 0 Å². The van der Waals surface area contributed by atoms with E-state index in [4.69, 9.17) is 16.7 Å². The van der Waals surface area contributed by atoms with Crippen molar-refractivity contribution in [2.45, 2.75) is 0 Å². The molecule has 86 valence electrons. The van der Waals surface area contributed by atoms with E-state index in [-0.39, 0.29) is 5.56 Å². The highest BCUT2D eigenvalue weighted by molar-refractivity contribution is 6.30. The highest BCUT2D eigenvalue weighted by Gasteiger charge is 2.10. The van der Waals surface area contributed by atoms with Crippen LogP contribution < -0.4 is 5.56 Å². The largest absolute Gasteiger partial charge is 0.477 e. The molecule has 0 unspecified atom stereocenters. The van der Waals surface area contributed by atoms with E-state index in [1.165, 1.54) is 12.3 Å². The minimum atomic E-state index is -1.25. The SMILES string of the molecule is O=C(O)c1cc(-c2cccc(Cl)c2)c[nH]c1=O. The van der Waals surface area contributed by atoms with Crippen LogP contribution in [0.4, 0.5) is 0 Å². The van der Waals surface area contributed by atoms with Gasteiger partial charge in [0.1, 0.15) is 5.56 Å². The molecule has 0 aliphatic rings. The van der Waals surface area contributed by atoms with Crippen LogP contribution in [0.25, 0.3) is 11.1 Å². The zero-order valence-corrected chi connectivity index (χ0v) is 9.36. The van der Waals surface area contributed by atoms with Gasteiger partial charge in [0.05, 0.1) is 0 Å². The second-order valence-electron chi connectivity index (χ2n) is 3.45.